The molecule has 0 N–H and O–H groups in total. The molecule has 4 atom stereocenters. The lowest BCUT2D eigenvalue weighted by molar-refractivity contribution is -0.167. The zero-order chi connectivity index (χ0) is 19.7. The van der Waals surface area contributed by atoms with Gasteiger partial charge in [0, 0.05) is 0 Å². The van der Waals surface area contributed by atoms with Crippen molar-refractivity contribution in [3.05, 3.63) is 0 Å². The van der Waals surface area contributed by atoms with Crippen molar-refractivity contribution in [2.24, 2.45) is 23.7 Å². The summed E-state index contributed by atoms with van der Waals surface area (Å²) in [6.07, 6.45) is 9.80. The molecule has 0 heterocycles. The van der Waals surface area contributed by atoms with Crippen molar-refractivity contribution in [2.75, 3.05) is 0 Å². The Balaban J connectivity index is 5.33. The fourth-order valence-corrected chi connectivity index (χ4v) is 3.92. The molecule has 152 valence electrons. The minimum absolute atomic E-state index is 0.0128. The van der Waals surface area contributed by atoms with Crippen LogP contribution in [-0.4, -0.2) is 11.2 Å². The van der Waals surface area contributed by atoms with E-state index in [0.29, 0.717) is 11.8 Å². The maximum atomic E-state index is 7.07. The van der Waals surface area contributed by atoms with Gasteiger partial charge in [-0.3, -0.25) is 0 Å². The molecule has 0 saturated carbocycles. The van der Waals surface area contributed by atoms with Gasteiger partial charge >= 0.3 is 0 Å². The first kappa shape index (κ1) is 25.0. The van der Waals surface area contributed by atoms with Crippen molar-refractivity contribution in [1.29, 1.82) is 0 Å². The minimum atomic E-state index is 0.0128. The summed E-state index contributed by atoms with van der Waals surface area (Å²) in [7, 11) is 0. The van der Waals surface area contributed by atoms with E-state index in [1.54, 1.807) is 0 Å². The Morgan fingerprint density at radius 3 is 1.20 bits per heavy atom. The Hall–Kier alpha value is -0.0400. The van der Waals surface area contributed by atoms with Crippen LogP contribution in [0, 0.1) is 23.7 Å². The molecule has 0 aliphatic rings. The molecule has 0 aromatic heterocycles. The van der Waals surface area contributed by atoms with E-state index in [1.807, 2.05) is 0 Å². The zero-order valence-electron chi connectivity index (χ0n) is 19.4. The third kappa shape index (κ3) is 10.0. The number of hydrogen-bond acceptors (Lipinski definition) is 1. The van der Waals surface area contributed by atoms with E-state index in [1.165, 1.54) is 51.4 Å². The van der Waals surface area contributed by atoms with Crippen LogP contribution in [0.25, 0.3) is 0 Å². The van der Waals surface area contributed by atoms with Crippen LogP contribution >= 0.6 is 0 Å². The van der Waals surface area contributed by atoms with Crippen LogP contribution in [0.1, 0.15) is 121 Å². The molecule has 0 aliphatic heterocycles. The Labute approximate surface area is 160 Å². The average Bonchev–Trinajstić information content (AvgIpc) is 2.50. The maximum absolute atomic E-state index is 7.07. The van der Waals surface area contributed by atoms with E-state index in [0.717, 1.165) is 11.8 Å². The fourth-order valence-electron chi connectivity index (χ4n) is 3.92. The van der Waals surface area contributed by atoms with Gasteiger partial charge in [0.25, 0.3) is 0 Å². The molecular weight excluding hydrogens is 304 g/mol. The molecule has 0 bridgehead atoms. The van der Waals surface area contributed by atoms with E-state index in [4.69, 9.17) is 4.74 Å². The lowest BCUT2D eigenvalue weighted by atomic mass is 9.80. The molecule has 0 radical (unpaired) electrons. The molecule has 0 saturated heterocycles. The van der Waals surface area contributed by atoms with Gasteiger partial charge in [0.15, 0.2) is 0 Å². The summed E-state index contributed by atoms with van der Waals surface area (Å²) in [4.78, 5) is 0. The summed E-state index contributed by atoms with van der Waals surface area (Å²) >= 11 is 0. The van der Waals surface area contributed by atoms with Crippen LogP contribution in [0.5, 0.6) is 0 Å². The van der Waals surface area contributed by atoms with Crippen LogP contribution in [0.2, 0.25) is 0 Å². The summed E-state index contributed by atoms with van der Waals surface area (Å²) in [5, 5.41) is 0. The number of ether oxygens (including phenoxy) is 1. The predicted octanol–water partition coefficient (Wildman–Crippen LogP) is 8.27. The lowest BCUT2D eigenvalue weighted by Crippen LogP contribution is -2.44. The van der Waals surface area contributed by atoms with Gasteiger partial charge in [-0.05, 0) is 63.2 Å². The first-order valence-electron chi connectivity index (χ1n) is 11.2. The van der Waals surface area contributed by atoms with Crippen LogP contribution in [0.15, 0.2) is 0 Å². The summed E-state index contributed by atoms with van der Waals surface area (Å²) in [6.45, 7) is 23.6. The van der Waals surface area contributed by atoms with Crippen molar-refractivity contribution in [1.82, 2.24) is 0 Å². The molecule has 0 rings (SSSR count). The molecule has 0 aromatic carbocycles. The monoisotopic (exact) mass is 354 g/mol. The Kier molecular flexibility index (Phi) is 11.6. The second-order valence-electron chi connectivity index (χ2n) is 10.1. The largest absolute Gasteiger partial charge is 0.369 e. The summed E-state index contributed by atoms with van der Waals surface area (Å²) < 4.78 is 7.07. The molecule has 0 fully saturated rings. The van der Waals surface area contributed by atoms with Crippen LogP contribution in [-0.2, 0) is 4.74 Å². The van der Waals surface area contributed by atoms with E-state index in [2.05, 4.69) is 69.2 Å². The highest BCUT2D eigenvalue weighted by Gasteiger charge is 2.37. The Bertz CT molecular complexity index is 303. The first-order valence-corrected chi connectivity index (χ1v) is 11.2. The van der Waals surface area contributed by atoms with Crippen LogP contribution in [0.3, 0.4) is 0 Å². The van der Waals surface area contributed by atoms with Gasteiger partial charge in [-0.2, -0.15) is 0 Å². The quantitative estimate of drug-likeness (QED) is 0.305. The van der Waals surface area contributed by atoms with E-state index >= 15 is 0 Å². The summed E-state index contributed by atoms with van der Waals surface area (Å²) in [6, 6.07) is 0. The molecule has 0 amide bonds. The molecule has 1 heteroatoms. The third-order valence-electron chi connectivity index (χ3n) is 6.39. The molecule has 25 heavy (non-hydrogen) atoms. The van der Waals surface area contributed by atoms with Gasteiger partial charge in [-0.25, -0.2) is 0 Å². The summed E-state index contributed by atoms with van der Waals surface area (Å²) in [5.74, 6) is 2.86. The highest BCUT2D eigenvalue weighted by Crippen LogP contribution is 2.39. The molecule has 0 spiro atoms. The number of unbranched alkanes of at least 4 members (excludes halogenated alkanes) is 2. The van der Waals surface area contributed by atoms with Crippen molar-refractivity contribution >= 4 is 0 Å². The molecule has 1 nitrogen and oxygen atoms in total. The average molecular weight is 355 g/mol. The topological polar surface area (TPSA) is 9.23 Å². The highest BCUT2D eigenvalue weighted by atomic mass is 16.5. The molecule has 4 unspecified atom stereocenters. The molecule has 0 aliphatic carbocycles. The van der Waals surface area contributed by atoms with Crippen LogP contribution < -0.4 is 0 Å². The Morgan fingerprint density at radius 1 is 0.640 bits per heavy atom. The van der Waals surface area contributed by atoms with Crippen molar-refractivity contribution in [2.45, 2.75) is 132 Å². The highest BCUT2D eigenvalue weighted by molar-refractivity contribution is 4.87. The minimum Gasteiger partial charge on any atom is -0.369 e. The second kappa shape index (κ2) is 11.6. The van der Waals surface area contributed by atoms with Crippen molar-refractivity contribution in [3.8, 4) is 0 Å². The van der Waals surface area contributed by atoms with E-state index in [9.17, 15) is 0 Å². The predicted molar refractivity (Wildman–Crippen MR) is 114 cm³/mol. The smallest absolute Gasteiger partial charge is 0.0664 e. The summed E-state index contributed by atoms with van der Waals surface area (Å²) in [5.41, 5.74) is 0.0256. The molecular formula is C24H50O. The number of hydrogen-bond donors (Lipinski definition) is 0. The van der Waals surface area contributed by atoms with Crippen molar-refractivity contribution < 1.29 is 4.74 Å². The van der Waals surface area contributed by atoms with E-state index in [-0.39, 0.29) is 11.2 Å². The third-order valence-corrected chi connectivity index (χ3v) is 6.39. The lowest BCUT2D eigenvalue weighted by Gasteiger charge is -2.44. The Morgan fingerprint density at radius 2 is 0.960 bits per heavy atom. The maximum Gasteiger partial charge on any atom is 0.0664 e. The van der Waals surface area contributed by atoms with Gasteiger partial charge in [0.1, 0.15) is 0 Å². The normalized spacial score (nSPS) is 19.7. The van der Waals surface area contributed by atoms with Gasteiger partial charge in [0.05, 0.1) is 11.2 Å². The first-order chi connectivity index (χ1) is 11.5. The standard InChI is InChI=1S/C24H50O/c1-11-13-15-23(9,17-21(7)19(3)4)25-24(10,16-14-12-2)18-22(8)20(5)6/h19-22H,11-18H2,1-10H3. The van der Waals surface area contributed by atoms with Crippen LogP contribution in [0.4, 0.5) is 0 Å². The molecule has 0 aromatic rings. The number of rotatable bonds is 14. The van der Waals surface area contributed by atoms with Gasteiger partial charge < -0.3 is 4.74 Å². The van der Waals surface area contributed by atoms with Gasteiger partial charge in [-0.1, -0.05) is 81.1 Å². The fraction of sp³-hybridized carbons (Fsp3) is 1.00. The van der Waals surface area contributed by atoms with E-state index < -0.39 is 0 Å². The SMILES string of the molecule is CCCCC(C)(CC(C)C(C)C)OC(C)(CCCC)CC(C)C(C)C. The second-order valence-corrected chi connectivity index (χ2v) is 10.1. The van der Waals surface area contributed by atoms with Gasteiger partial charge in [0.2, 0.25) is 0 Å². The van der Waals surface area contributed by atoms with Gasteiger partial charge in [-0.15, -0.1) is 0 Å². The zero-order valence-corrected chi connectivity index (χ0v) is 19.4. The van der Waals surface area contributed by atoms with Crippen molar-refractivity contribution in [3.63, 3.8) is 0 Å².